The van der Waals surface area contributed by atoms with Gasteiger partial charge in [0.05, 0.1) is 6.42 Å². The largest absolute Gasteiger partial charge is 0.508 e. The lowest BCUT2D eigenvalue weighted by molar-refractivity contribution is -0.130. The first-order valence-corrected chi connectivity index (χ1v) is 9.23. The summed E-state index contributed by atoms with van der Waals surface area (Å²) in [5, 5.41) is 14.6. The van der Waals surface area contributed by atoms with E-state index in [0.29, 0.717) is 19.4 Å². The molecule has 28 heavy (non-hydrogen) atoms. The first-order valence-electron chi connectivity index (χ1n) is 9.23. The fourth-order valence-corrected chi connectivity index (χ4v) is 3.08. The Balaban J connectivity index is 1.43. The Morgan fingerprint density at radius 3 is 2.39 bits per heavy atom. The van der Waals surface area contributed by atoms with Crippen molar-refractivity contribution in [3.05, 3.63) is 65.7 Å². The maximum atomic E-state index is 12.4. The van der Waals surface area contributed by atoms with Crippen LogP contribution >= 0.6 is 0 Å². The number of nitrogens with one attached hydrogen (secondary N) is 2. The highest BCUT2D eigenvalue weighted by Gasteiger charge is 2.38. The third-order valence-corrected chi connectivity index (χ3v) is 4.64. The topological polar surface area (TPSA) is 98.7 Å². The average Bonchev–Trinajstić information content (AvgIpc) is 2.95. The molecule has 1 unspecified atom stereocenters. The summed E-state index contributed by atoms with van der Waals surface area (Å²) in [6.07, 6.45) is 1.10. The molecular weight excluding hydrogens is 358 g/mol. The molecule has 3 rings (SSSR count). The molecule has 0 radical (unpaired) electrons. The molecule has 2 aromatic rings. The number of phenolic OH excluding ortho intramolecular Hbond substituents is 1. The molecule has 1 heterocycles. The fourth-order valence-electron chi connectivity index (χ4n) is 3.08. The second kappa shape index (κ2) is 9.03. The summed E-state index contributed by atoms with van der Waals surface area (Å²) in [5.41, 5.74) is 2.02. The van der Waals surface area contributed by atoms with Gasteiger partial charge in [0.25, 0.3) is 5.91 Å². The van der Waals surface area contributed by atoms with E-state index in [4.69, 9.17) is 0 Å². The number of hydrogen-bond donors (Lipinski definition) is 3. The molecule has 1 fully saturated rings. The second-order valence-electron chi connectivity index (χ2n) is 6.70. The lowest BCUT2D eigenvalue weighted by Crippen LogP contribution is -2.37. The van der Waals surface area contributed by atoms with Crippen LogP contribution in [-0.2, 0) is 22.4 Å². The maximum absolute atomic E-state index is 12.4. The minimum absolute atomic E-state index is 0.0814. The van der Waals surface area contributed by atoms with Crippen molar-refractivity contribution in [3.8, 4) is 5.75 Å². The number of carbonyl (C=O) groups is 3. The van der Waals surface area contributed by atoms with Gasteiger partial charge in [0.2, 0.25) is 5.91 Å². The molecule has 3 N–H and O–H groups in total. The van der Waals surface area contributed by atoms with Crippen LogP contribution in [0, 0.1) is 0 Å². The van der Waals surface area contributed by atoms with Crippen LogP contribution in [0.3, 0.4) is 0 Å². The van der Waals surface area contributed by atoms with Crippen LogP contribution in [0.5, 0.6) is 5.75 Å². The van der Waals surface area contributed by atoms with Gasteiger partial charge in [-0.15, -0.1) is 0 Å². The van der Waals surface area contributed by atoms with E-state index in [1.54, 1.807) is 24.3 Å². The molecule has 1 aliphatic rings. The summed E-state index contributed by atoms with van der Waals surface area (Å²) in [6, 6.07) is 15.1. The molecule has 1 atom stereocenters. The van der Waals surface area contributed by atoms with Crippen LogP contribution in [-0.4, -0.2) is 47.0 Å². The van der Waals surface area contributed by atoms with Crippen molar-refractivity contribution >= 4 is 17.8 Å². The van der Waals surface area contributed by atoms with E-state index in [1.807, 2.05) is 30.3 Å². The average molecular weight is 381 g/mol. The van der Waals surface area contributed by atoms with Crippen LogP contribution in [0.25, 0.3) is 0 Å². The number of aromatic hydroxyl groups is 1. The monoisotopic (exact) mass is 381 g/mol. The quantitative estimate of drug-likeness (QED) is 0.605. The Morgan fingerprint density at radius 1 is 1.00 bits per heavy atom. The predicted octanol–water partition coefficient (Wildman–Crippen LogP) is 1.60. The number of hydrogen-bond acceptors (Lipinski definition) is 4. The molecule has 0 spiro atoms. The Kier molecular flexibility index (Phi) is 6.26. The Labute approximate surface area is 163 Å². The summed E-state index contributed by atoms with van der Waals surface area (Å²) in [4.78, 5) is 37.8. The first-order chi connectivity index (χ1) is 13.5. The van der Waals surface area contributed by atoms with E-state index in [9.17, 15) is 19.5 Å². The molecule has 7 heteroatoms. The van der Waals surface area contributed by atoms with Gasteiger partial charge in [-0.2, -0.15) is 0 Å². The molecule has 0 saturated carbocycles. The van der Waals surface area contributed by atoms with E-state index in [1.165, 1.54) is 4.90 Å². The number of carbonyl (C=O) groups excluding carboxylic acids is 3. The molecular formula is C21H23N3O4. The third-order valence-electron chi connectivity index (χ3n) is 4.64. The number of benzene rings is 2. The zero-order valence-corrected chi connectivity index (χ0v) is 15.4. The van der Waals surface area contributed by atoms with Crippen molar-refractivity contribution in [3.63, 3.8) is 0 Å². The van der Waals surface area contributed by atoms with Gasteiger partial charge in [-0.1, -0.05) is 42.5 Å². The summed E-state index contributed by atoms with van der Waals surface area (Å²) in [6.45, 7) is 0.698. The fraction of sp³-hybridized carbons (Fsp3) is 0.286. The number of urea groups is 1. The van der Waals surface area contributed by atoms with E-state index in [0.717, 1.165) is 11.1 Å². The third kappa shape index (κ3) is 5.09. The number of amides is 4. The second-order valence-corrected chi connectivity index (χ2v) is 6.70. The van der Waals surface area contributed by atoms with Crippen molar-refractivity contribution in [2.45, 2.75) is 25.3 Å². The summed E-state index contributed by atoms with van der Waals surface area (Å²) in [7, 11) is 0. The van der Waals surface area contributed by atoms with Crippen LogP contribution in [0.4, 0.5) is 4.79 Å². The summed E-state index contributed by atoms with van der Waals surface area (Å²) >= 11 is 0. The van der Waals surface area contributed by atoms with Gasteiger partial charge in [-0.25, -0.2) is 4.79 Å². The maximum Gasteiger partial charge on any atom is 0.324 e. The van der Waals surface area contributed by atoms with Crippen molar-refractivity contribution in [1.82, 2.24) is 15.5 Å². The predicted molar refractivity (Wildman–Crippen MR) is 104 cm³/mol. The number of imide groups is 1. The molecule has 146 valence electrons. The smallest absolute Gasteiger partial charge is 0.324 e. The molecule has 2 aromatic carbocycles. The molecule has 4 amide bonds. The highest BCUT2D eigenvalue weighted by Crippen LogP contribution is 2.12. The zero-order valence-electron chi connectivity index (χ0n) is 15.4. The molecule has 0 aliphatic carbocycles. The lowest BCUT2D eigenvalue weighted by atomic mass is 10.1. The SMILES string of the molecule is O=C(CC1NC(=O)N(CCc2ccccc2)C1=O)NCCc1ccc(O)cc1. The van der Waals surface area contributed by atoms with Crippen molar-refractivity contribution in [1.29, 1.82) is 0 Å². The van der Waals surface area contributed by atoms with Crippen molar-refractivity contribution in [2.24, 2.45) is 0 Å². The van der Waals surface area contributed by atoms with Crippen LogP contribution in [0.2, 0.25) is 0 Å². The van der Waals surface area contributed by atoms with Gasteiger partial charge in [-0.05, 0) is 36.1 Å². The van der Waals surface area contributed by atoms with Crippen LogP contribution < -0.4 is 10.6 Å². The normalized spacial score (nSPS) is 16.1. The number of rotatable bonds is 8. The lowest BCUT2D eigenvalue weighted by Gasteiger charge is -2.13. The minimum Gasteiger partial charge on any atom is -0.508 e. The number of nitrogens with zero attached hydrogens (tertiary/aromatic N) is 1. The van der Waals surface area contributed by atoms with Crippen molar-refractivity contribution < 1.29 is 19.5 Å². The van der Waals surface area contributed by atoms with E-state index < -0.39 is 12.1 Å². The van der Waals surface area contributed by atoms with Crippen LogP contribution in [0.1, 0.15) is 17.5 Å². The summed E-state index contributed by atoms with van der Waals surface area (Å²) in [5.74, 6) is -0.461. The van der Waals surface area contributed by atoms with Gasteiger partial charge < -0.3 is 15.7 Å². The molecule has 0 bridgehead atoms. The van der Waals surface area contributed by atoms with Crippen LogP contribution in [0.15, 0.2) is 54.6 Å². The van der Waals surface area contributed by atoms with Gasteiger partial charge in [0.1, 0.15) is 11.8 Å². The Morgan fingerprint density at radius 2 is 1.68 bits per heavy atom. The molecule has 0 aromatic heterocycles. The number of phenols is 1. The standard InChI is InChI=1S/C21H23N3O4/c25-17-8-6-16(7-9-17)10-12-22-19(26)14-18-20(27)24(21(28)23-18)13-11-15-4-2-1-3-5-15/h1-9,18,25H,10-14H2,(H,22,26)(H,23,28). The zero-order chi connectivity index (χ0) is 19.9. The minimum atomic E-state index is -0.822. The van der Waals surface area contributed by atoms with Gasteiger partial charge >= 0.3 is 6.03 Å². The highest BCUT2D eigenvalue weighted by molar-refractivity contribution is 6.05. The van der Waals surface area contributed by atoms with E-state index >= 15 is 0 Å². The van der Waals surface area contributed by atoms with Gasteiger partial charge in [0, 0.05) is 13.1 Å². The van der Waals surface area contributed by atoms with Gasteiger partial charge in [0.15, 0.2) is 0 Å². The Hall–Kier alpha value is -3.35. The highest BCUT2D eigenvalue weighted by atomic mass is 16.3. The molecule has 7 nitrogen and oxygen atoms in total. The summed E-state index contributed by atoms with van der Waals surface area (Å²) < 4.78 is 0. The first kappa shape index (κ1) is 19.4. The molecule has 1 aliphatic heterocycles. The Bertz CT molecular complexity index is 836. The van der Waals surface area contributed by atoms with Crippen molar-refractivity contribution in [2.75, 3.05) is 13.1 Å². The van der Waals surface area contributed by atoms with E-state index in [-0.39, 0.29) is 30.5 Å². The van der Waals surface area contributed by atoms with E-state index in [2.05, 4.69) is 10.6 Å². The van der Waals surface area contributed by atoms with Gasteiger partial charge in [-0.3, -0.25) is 14.5 Å². The molecule has 1 saturated heterocycles.